The zero-order valence-electron chi connectivity index (χ0n) is 14.9. The predicted octanol–water partition coefficient (Wildman–Crippen LogP) is 2.31. The Morgan fingerprint density at radius 1 is 1.04 bits per heavy atom. The Bertz CT molecular complexity index is 836. The van der Waals surface area contributed by atoms with Gasteiger partial charge < -0.3 is 14.4 Å². The van der Waals surface area contributed by atoms with Gasteiger partial charge in [0.25, 0.3) is 11.8 Å². The molecule has 0 unspecified atom stereocenters. The summed E-state index contributed by atoms with van der Waals surface area (Å²) in [4.78, 5) is 29.4. The average Bonchev–Trinajstić information content (AvgIpc) is 2.69. The first kappa shape index (κ1) is 17.0. The summed E-state index contributed by atoms with van der Waals surface area (Å²) >= 11 is 0. The van der Waals surface area contributed by atoms with Gasteiger partial charge in [0.15, 0.2) is 0 Å². The molecule has 0 radical (unpaired) electrons. The lowest BCUT2D eigenvalue weighted by atomic mass is 9.92. The lowest BCUT2D eigenvalue weighted by Gasteiger charge is -2.32. The second-order valence-electron chi connectivity index (χ2n) is 6.57. The second-order valence-corrected chi connectivity index (χ2v) is 6.57. The standard InChI is InChI=1S/C20H22N2O4/c1-25-11-3-8-22-19(23)15-5-2-4-14-17(21-9-12-26-13-10-21)7-6-16(18(14)15)20(22)24/h2,4-7H,3,8-13H2,1H3. The van der Waals surface area contributed by atoms with Crippen molar-refractivity contribution in [3.05, 3.63) is 41.5 Å². The molecule has 6 nitrogen and oxygen atoms in total. The molecule has 4 rings (SSSR count). The molecule has 136 valence electrons. The molecule has 1 saturated heterocycles. The molecule has 0 spiro atoms. The van der Waals surface area contributed by atoms with Gasteiger partial charge in [-0.2, -0.15) is 0 Å². The van der Waals surface area contributed by atoms with Crippen molar-refractivity contribution < 1.29 is 19.1 Å². The number of imide groups is 1. The highest BCUT2D eigenvalue weighted by atomic mass is 16.5. The van der Waals surface area contributed by atoms with E-state index in [1.165, 1.54) is 4.90 Å². The normalized spacial score (nSPS) is 17.3. The van der Waals surface area contributed by atoms with Crippen LogP contribution in [0.2, 0.25) is 0 Å². The summed E-state index contributed by atoms with van der Waals surface area (Å²) in [6.45, 7) is 3.88. The Morgan fingerprint density at radius 2 is 1.77 bits per heavy atom. The Labute approximate surface area is 152 Å². The minimum absolute atomic E-state index is 0.219. The van der Waals surface area contributed by atoms with Crippen molar-refractivity contribution >= 4 is 28.3 Å². The Balaban J connectivity index is 1.78. The highest BCUT2D eigenvalue weighted by molar-refractivity contribution is 6.26. The smallest absolute Gasteiger partial charge is 0.261 e. The van der Waals surface area contributed by atoms with Crippen LogP contribution in [0.15, 0.2) is 30.3 Å². The molecule has 26 heavy (non-hydrogen) atoms. The molecule has 0 aromatic heterocycles. The number of anilines is 1. The van der Waals surface area contributed by atoms with Crippen LogP contribution in [0.1, 0.15) is 27.1 Å². The third-order valence-electron chi connectivity index (χ3n) is 5.05. The van der Waals surface area contributed by atoms with Crippen LogP contribution in [-0.4, -0.2) is 63.3 Å². The molecule has 0 atom stereocenters. The van der Waals surface area contributed by atoms with Crippen LogP contribution in [0.3, 0.4) is 0 Å². The van der Waals surface area contributed by atoms with Crippen LogP contribution in [0, 0.1) is 0 Å². The van der Waals surface area contributed by atoms with Crippen molar-refractivity contribution in [2.75, 3.05) is 51.5 Å². The van der Waals surface area contributed by atoms with Crippen LogP contribution >= 0.6 is 0 Å². The summed E-state index contributed by atoms with van der Waals surface area (Å²) in [7, 11) is 1.61. The maximum Gasteiger partial charge on any atom is 0.261 e. The van der Waals surface area contributed by atoms with Gasteiger partial charge in [0.1, 0.15) is 0 Å². The van der Waals surface area contributed by atoms with Gasteiger partial charge in [0.2, 0.25) is 0 Å². The molecule has 2 aromatic rings. The quantitative estimate of drug-likeness (QED) is 0.609. The van der Waals surface area contributed by atoms with Crippen molar-refractivity contribution in [3.63, 3.8) is 0 Å². The summed E-state index contributed by atoms with van der Waals surface area (Å²) < 4.78 is 10.5. The van der Waals surface area contributed by atoms with E-state index in [2.05, 4.69) is 4.90 Å². The molecule has 2 aliphatic rings. The van der Waals surface area contributed by atoms with Crippen molar-refractivity contribution in [1.29, 1.82) is 0 Å². The third-order valence-corrected chi connectivity index (χ3v) is 5.05. The molecule has 0 bridgehead atoms. The van der Waals surface area contributed by atoms with E-state index in [-0.39, 0.29) is 11.8 Å². The van der Waals surface area contributed by atoms with E-state index in [1.54, 1.807) is 7.11 Å². The molecule has 2 aliphatic heterocycles. The summed E-state index contributed by atoms with van der Waals surface area (Å²) in [5.41, 5.74) is 2.26. The molecular weight excluding hydrogens is 332 g/mol. The summed E-state index contributed by atoms with van der Waals surface area (Å²) in [6.07, 6.45) is 0.630. The highest BCUT2D eigenvalue weighted by Crippen LogP contribution is 2.36. The molecule has 2 amide bonds. The summed E-state index contributed by atoms with van der Waals surface area (Å²) in [5.74, 6) is -0.438. The van der Waals surface area contributed by atoms with Gasteiger partial charge in [0, 0.05) is 60.9 Å². The number of benzene rings is 2. The monoisotopic (exact) mass is 354 g/mol. The molecular formula is C20H22N2O4. The SMILES string of the molecule is COCCCN1C(=O)c2cccc3c(N4CCOCC4)ccc(c23)C1=O. The third kappa shape index (κ3) is 2.75. The summed E-state index contributed by atoms with van der Waals surface area (Å²) in [5, 5.41) is 1.73. The van der Waals surface area contributed by atoms with E-state index in [4.69, 9.17) is 9.47 Å². The number of ether oxygens (including phenoxy) is 2. The maximum absolute atomic E-state index is 12.9. The Hall–Kier alpha value is -2.44. The van der Waals surface area contributed by atoms with Crippen LogP contribution in [0.5, 0.6) is 0 Å². The van der Waals surface area contributed by atoms with Crippen molar-refractivity contribution in [1.82, 2.24) is 4.90 Å². The number of morpholine rings is 1. The van der Waals surface area contributed by atoms with E-state index in [0.717, 1.165) is 29.5 Å². The zero-order chi connectivity index (χ0) is 18.1. The first-order valence-corrected chi connectivity index (χ1v) is 8.96. The number of amides is 2. The van der Waals surface area contributed by atoms with E-state index in [0.29, 0.717) is 43.9 Å². The van der Waals surface area contributed by atoms with E-state index in [1.807, 2.05) is 30.3 Å². The van der Waals surface area contributed by atoms with Crippen LogP contribution in [0.4, 0.5) is 5.69 Å². The number of nitrogens with zero attached hydrogens (tertiary/aromatic N) is 2. The summed E-state index contributed by atoms with van der Waals surface area (Å²) in [6, 6.07) is 9.55. The second kappa shape index (κ2) is 7.05. The first-order valence-electron chi connectivity index (χ1n) is 8.96. The lowest BCUT2D eigenvalue weighted by molar-refractivity contribution is 0.0595. The van der Waals surface area contributed by atoms with Crippen LogP contribution in [-0.2, 0) is 9.47 Å². The van der Waals surface area contributed by atoms with E-state index in [9.17, 15) is 9.59 Å². The van der Waals surface area contributed by atoms with Crippen LogP contribution < -0.4 is 4.90 Å². The molecule has 0 aliphatic carbocycles. The average molecular weight is 354 g/mol. The Kier molecular flexibility index (Phi) is 4.61. The number of carbonyl (C=O) groups excluding carboxylic acids is 2. The minimum Gasteiger partial charge on any atom is -0.385 e. The molecule has 1 fully saturated rings. The first-order chi connectivity index (χ1) is 12.7. The molecule has 0 N–H and O–H groups in total. The molecule has 2 heterocycles. The van der Waals surface area contributed by atoms with E-state index < -0.39 is 0 Å². The number of carbonyl (C=O) groups is 2. The van der Waals surface area contributed by atoms with Gasteiger partial charge in [-0.1, -0.05) is 12.1 Å². The number of hydrogen-bond donors (Lipinski definition) is 0. The van der Waals surface area contributed by atoms with Gasteiger partial charge in [-0.15, -0.1) is 0 Å². The van der Waals surface area contributed by atoms with Crippen molar-refractivity contribution in [2.45, 2.75) is 6.42 Å². The predicted molar refractivity (Wildman–Crippen MR) is 98.8 cm³/mol. The number of methoxy groups -OCH3 is 1. The largest absolute Gasteiger partial charge is 0.385 e. The fourth-order valence-electron chi connectivity index (χ4n) is 3.78. The van der Waals surface area contributed by atoms with Gasteiger partial charge in [0.05, 0.1) is 13.2 Å². The number of hydrogen-bond acceptors (Lipinski definition) is 5. The van der Waals surface area contributed by atoms with Gasteiger partial charge in [-0.05, 0) is 24.6 Å². The maximum atomic E-state index is 12.9. The van der Waals surface area contributed by atoms with Gasteiger partial charge in [-0.3, -0.25) is 14.5 Å². The van der Waals surface area contributed by atoms with Crippen molar-refractivity contribution in [2.24, 2.45) is 0 Å². The van der Waals surface area contributed by atoms with Crippen molar-refractivity contribution in [3.8, 4) is 0 Å². The molecule has 0 saturated carbocycles. The minimum atomic E-state index is -0.219. The van der Waals surface area contributed by atoms with E-state index >= 15 is 0 Å². The lowest BCUT2D eigenvalue weighted by Crippen LogP contribution is -2.41. The molecule has 2 aromatic carbocycles. The highest BCUT2D eigenvalue weighted by Gasteiger charge is 2.33. The van der Waals surface area contributed by atoms with Gasteiger partial charge >= 0.3 is 0 Å². The zero-order valence-corrected chi connectivity index (χ0v) is 14.9. The number of rotatable bonds is 5. The Morgan fingerprint density at radius 3 is 2.50 bits per heavy atom. The van der Waals surface area contributed by atoms with Crippen LogP contribution in [0.25, 0.3) is 10.8 Å². The fraction of sp³-hybridized carbons (Fsp3) is 0.400. The topological polar surface area (TPSA) is 59.1 Å². The fourth-order valence-corrected chi connectivity index (χ4v) is 3.78. The molecule has 6 heteroatoms. The van der Waals surface area contributed by atoms with Gasteiger partial charge in [-0.25, -0.2) is 0 Å².